The number of allylic oxidation sites excluding steroid dienone is 2. The van der Waals surface area contributed by atoms with Crippen LogP contribution in [0.25, 0.3) is 5.57 Å². The second-order valence-electron chi connectivity index (χ2n) is 9.70. The van der Waals surface area contributed by atoms with Crippen molar-refractivity contribution >= 4 is 35.9 Å². The van der Waals surface area contributed by atoms with E-state index in [9.17, 15) is 9.59 Å². The van der Waals surface area contributed by atoms with Crippen LogP contribution in [0.1, 0.15) is 40.1 Å². The molecular weight excluding hydrogens is 472 g/mol. The smallest absolute Gasteiger partial charge is 0.274 e. The van der Waals surface area contributed by atoms with Crippen molar-refractivity contribution in [3.8, 4) is 0 Å². The number of aliphatic imine (C=N–C) groups is 1. The second-order valence-corrected chi connectivity index (χ2v) is 9.70. The number of aromatic nitrogens is 4. The number of fused-ring (bicyclic) bond motifs is 1. The van der Waals surface area contributed by atoms with Crippen LogP contribution in [0, 0.1) is 11.8 Å². The van der Waals surface area contributed by atoms with Gasteiger partial charge >= 0.3 is 0 Å². The molecule has 0 radical (unpaired) electrons. The van der Waals surface area contributed by atoms with Crippen LogP contribution in [-0.4, -0.2) is 75.7 Å². The van der Waals surface area contributed by atoms with Crippen LogP contribution < -0.4 is 5.32 Å². The number of carbonyl (C=O) groups is 2. The van der Waals surface area contributed by atoms with Gasteiger partial charge in [0.05, 0.1) is 6.54 Å². The molecule has 1 aromatic carbocycles. The lowest BCUT2D eigenvalue weighted by atomic mass is 10.0. The maximum atomic E-state index is 13.3. The van der Waals surface area contributed by atoms with E-state index in [2.05, 4.69) is 62.5 Å². The number of nitrogens with one attached hydrogen (secondary N) is 1. The van der Waals surface area contributed by atoms with E-state index in [1.807, 2.05) is 6.07 Å². The first-order chi connectivity index (χ1) is 17.8. The van der Waals surface area contributed by atoms with Crippen molar-refractivity contribution in [1.29, 1.82) is 0 Å². The number of rotatable bonds is 9. The molecule has 2 aliphatic rings. The predicted molar refractivity (Wildman–Crippen MR) is 138 cm³/mol. The number of carbonyl (C=O) groups excluding carboxylic acids is 2. The molecule has 1 N–H and O–H groups in total. The van der Waals surface area contributed by atoms with Crippen LogP contribution in [0.5, 0.6) is 0 Å². The molecule has 3 aromatic rings. The number of hydrogen-bond donors (Lipinski definition) is 1. The highest BCUT2D eigenvalue weighted by Crippen LogP contribution is 2.62. The summed E-state index contributed by atoms with van der Waals surface area (Å²) in [6.07, 6.45) is 3.34. The van der Waals surface area contributed by atoms with Gasteiger partial charge in [0.25, 0.3) is 5.91 Å². The molecule has 5 rings (SSSR count). The van der Waals surface area contributed by atoms with E-state index >= 15 is 0 Å². The van der Waals surface area contributed by atoms with Crippen molar-refractivity contribution in [3.63, 3.8) is 0 Å². The minimum Gasteiger partial charge on any atom is -0.347 e. The lowest BCUT2D eigenvalue weighted by Crippen LogP contribution is -2.30. The Morgan fingerprint density at radius 3 is 2.62 bits per heavy atom. The molecule has 0 aliphatic heterocycles. The molecule has 0 spiro atoms. The average molecular weight is 503 g/mol. The van der Waals surface area contributed by atoms with E-state index in [0.717, 1.165) is 6.42 Å². The Morgan fingerprint density at radius 2 is 1.97 bits per heavy atom. The number of hydrogen-bond acceptors (Lipinski definition) is 8. The Hall–Kier alpha value is -4.28. The van der Waals surface area contributed by atoms with Gasteiger partial charge in [-0.25, -0.2) is 4.99 Å². The zero-order valence-electron chi connectivity index (χ0n) is 21.4. The molecule has 192 valence electrons. The largest absolute Gasteiger partial charge is 0.347 e. The molecular formula is C26H30N8O3. The zero-order chi connectivity index (χ0) is 26.3. The highest BCUT2D eigenvalue weighted by atomic mass is 16.5. The highest BCUT2D eigenvalue weighted by molar-refractivity contribution is 5.97. The average Bonchev–Trinajstić information content (AvgIpc) is 3.26. The SMILES string of the molecule is C=Nc1nc(NCC(=O)N(C)C)n(C)c1C(=O)N(C)Cc1nc([C@H]2[C@@H]3C=C(c4ccccc4)C[C@@H]32)no1. The number of amides is 2. The quantitative estimate of drug-likeness (QED) is 0.447. The van der Waals surface area contributed by atoms with E-state index in [1.54, 1.807) is 32.8 Å². The Kier molecular flexibility index (Phi) is 6.36. The number of benzene rings is 1. The predicted octanol–water partition coefficient (Wildman–Crippen LogP) is 2.72. The van der Waals surface area contributed by atoms with E-state index in [0.29, 0.717) is 29.5 Å². The Labute approximate surface area is 214 Å². The first-order valence-electron chi connectivity index (χ1n) is 12.1. The summed E-state index contributed by atoms with van der Waals surface area (Å²) in [4.78, 5) is 40.9. The summed E-state index contributed by atoms with van der Waals surface area (Å²) >= 11 is 0. The lowest BCUT2D eigenvalue weighted by molar-refractivity contribution is -0.126. The topological polar surface area (TPSA) is 122 Å². The summed E-state index contributed by atoms with van der Waals surface area (Å²) in [7, 11) is 6.66. The van der Waals surface area contributed by atoms with Crippen LogP contribution in [0.4, 0.5) is 11.8 Å². The van der Waals surface area contributed by atoms with Crippen LogP contribution in [0.2, 0.25) is 0 Å². The third-order valence-electron chi connectivity index (χ3n) is 7.05. The van der Waals surface area contributed by atoms with E-state index in [1.165, 1.54) is 20.9 Å². The summed E-state index contributed by atoms with van der Waals surface area (Å²) in [5.74, 6) is 2.33. The molecule has 0 unspecified atom stereocenters. The Bertz CT molecular complexity index is 1370. The molecule has 0 saturated heterocycles. The van der Waals surface area contributed by atoms with Gasteiger partial charge in [-0.2, -0.15) is 9.97 Å². The summed E-state index contributed by atoms with van der Waals surface area (Å²) < 4.78 is 7.05. The number of imidazole rings is 1. The molecule has 1 saturated carbocycles. The van der Waals surface area contributed by atoms with Crippen molar-refractivity contribution in [2.75, 3.05) is 33.0 Å². The Morgan fingerprint density at radius 1 is 1.22 bits per heavy atom. The van der Waals surface area contributed by atoms with Gasteiger partial charge in [0.15, 0.2) is 17.3 Å². The summed E-state index contributed by atoms with van der Waals surface area (Å²) in [5, 5.41) is 7.15. The van der Waals surface area contributed by atoms with Crippen molar-refractivity contribution in [1.82, 2.24) is 29.5 Å². The third kappa shape index (κ3) is 4.64. The molecule has 2 heterocycles. The third-order valence-corrected chi connectivity index (χ3v) is 7.05. The molecule has 11 heteroatoms. The number of likely N-dealkylation sites (N-methyl/N-ethyl adjacent to an activating group) is 1. The Balaban J connectivity index is 1.23. The van der Waals surface area contributed by atoms with Gasteiger partial charge < -0.3 is 24.2 Å². The molecule has 0 bridgehead atoms. The molecule has 37 heavy (non-hydrogen) atoms. The minimum atomic E-state index is -0.331. The van der Waals surface area contributed by atoms with Gasteiger partial charge in [0.1, 0.15) is 6.54 Å². The van der Waals surface area contributed by atoms with Crippen LogP contribution in [0.3, 0.4) is 0 Å². The minimum absolute atomic E-state index is 0.0356. The lowest BCUT2D eigenvalue weighted by Gasteiger charge is -2.16. The number of nitrogens with zero attached hydrogens (tertiary/aromatic N) is 7. The maximum Gasteiger partial charge on any atom is 0.274 e. The van der Waals surface area contributed by atoms with E-state index in [-0.39, 0.29) is 42.3 Å². The van der Waals surface area contributed by atoms with Gasteiger partial charge in [0, 0.05) is 34.1 Å². The monoisotopic (exact) mass is 502 g/mol. The first-order valence-corrected chi connectivity index (χ1v) is 12.1. The second kappa shape index (κ2) is 9.64. The fourth-order valence-corrected chi connectivity index (χ4v) is 4.90. The maximum absolute atomic E-state index is 13.3. The van der Waals surface area contributed by atoms with Crippen LogP contribution >= 0.6 is 0 Å². The summed E-state index contributed by atoms with van der Waals surface area (Å²) in [6, 6.07) is 10.4. The molecule has 2 amide bonds. The van der Waals surface area contributed by atoms with Crippen molar-refractivity contribution in [3.05, 3.63) is 59.4 Å². The summed E-state index contributed by atoms with van der Waals surface area (Å²) in [5.41, 5.74) is 2.89. The fraction of sp³-hybridized carbons (Fsp3) is 0.385. The molecule has 1 fully saturated rings. The van der Waals surface area contributed by atoms with E-state index < -0.39 is 0 Å². The first kappa shape index (κ1) is 24.4. The molecule has 2 aliphatic carbocycles. The van der Waals surface area contributed by atoms with Crippen molar-refractivity contribution in [2.24, 2.45) is 23.9 Å². The molecule has 3 atom stereocenters. The highest BCUT2D eigenvalue weighted by Gasteiger charge is 2.55. The number of anilines is 1. The van der Waals surface area contributed by atoms with Crippen LogP contribution in [0.15, 0.2) is 45.9 Å². The van der Waals surface area contributed by atoms with Gasteiger partial charge in [-0.3, -0.25) is 9.59 Å². The van der Waals surface area contributed by atoms with Crippen molar-refractivity contribution < 1.29 is 14.1 Å². The fourth-order valence-electron chi connectivity index (χ4n) is 4.90. The van der Waals surface area contributed by atoms with Gasteiger partial charge in [-0.15, -0.1) is 0 Å². The van der Waals surface area contributed by atoms with Gasteiger partial charge in [-0.1, -0.05) is 41.6 Å². The zero-order valence-corrected chi connectivity index (χ0v) is 21.4. The summed E-state index contributed by atoms with van der Waals surface area (Å²) in [6.45, 7) is 3.71. The normalized spacial score (nSPS) is 19.7. The van der Waals surface area contributed by atoms with Gasteiger partial charge in [0.2, 0.25) is 17.7 Å². The van der Waals surface area contributed by atoms with E-state index in [4.69, 9.17) is 4.52 Å². The van der Waals surface area contributed by atoms with Gasteiger partial charge in [-0.05, 0) is 36.1 Å². The molecule has 11 nitrogen and oxygen atoms in total. The van der Waals surface area contributed by atoms with Crippen molar-refractivity contribution in [2.45, 2.75) is 18.9 Å². The van der Waals surface area contributed by atoms with Crippen LogP contribution in [-0.2, 0) is 18.4 Å². The standard InChI is InChI=1S/C26H30N8O3/c1-27-24-22(34(5)26(30-24)28-13-20(35)32(2)3)25(36)33(4)14-19-29-23(31-37-19)21-17-11-16(12-18(17)21)15-9-7-6-8-10-15/h6-11,17-18,21H,1,12-14H2,2-5H3,(H,28,30)/t17-,18+,21+/m1/s1. The molecule has 2 aromatic heterocycles.